The van der Waals surface area contributed by atoms with Crippen molar-refractivity contribution in [2.24, 2.45) is 0 Å². The molecule has 0 atom stereocenters. The lowest BCUT2D eigenvalue weighted by atomic mass is 10.4. The summed E-state index contributed by atoms with van der Waals surface area (Å²) in [6.07, 6.45) is -3.44. The molecule has 4 heteroatoms. The van der Waals surface area contributed by atoms with Crippen LogP contribution >= 0.6 is 0 Å². The first-order chi connectivity index (χ1) is 4.52. The maximum Gasteiger partial charge on any atom is 0.448 e. The Bertz CT molecular complexity index is 125. The van der Waals surface area contributed by atoms with Gasteiger partial charge >= 0.3 is 6.18 Å². The molecule has 0 aliphatic carbocycles. The average Bonchev–Trinajstić information content (AvgIpc) is 1.80. The zero-order valence-electron chi connectivity index (χ0n) is 5.83. The van der Waals surface area contributed by atoms with Gasteiger partial charge in [0.2, 0.25) is 0 Å². The average molecular weight is 154 g/mol. The highest BCUT2D eigenvalue weighted by Crippen LogP contribution is 2.25. The Morgan fingerprint density at radius 3 is 2.10 bits per heavy atom. The van der Waals surface area contributed by atoms with Crippen LogP contribution in [-0.4, -0.2) is 12.8 Å². The summed E-state index contributed by atoms with van der Waals surface area (Å²) in [7, 11) is 0. The van der Waals surface area contributed by atoms with Gasteiger partial charge in [0.15, 0.2) is 5.76 Å². The largest absolute Gasteiger partial charge is 0.489 e. The highest BCUT2D eigenvalue weighted by atomic mass is 19.4. The molecule has 0 aliphatic heterocycles. The summed E-state index contributed by atoms with van der Waals surface area (Å²) in [6.45, 7) is 2.84. The summed E-state index contributed by atoms with van der Waals surface area (Å²) in [6, 6.07) is 0. The third-order valence-corrected chi connectivity index (χ3v) is 0.841. The molecular formula is C6H9F3O. The molecule has 10 heavy (non-hydrogen) atoms. The molecule has 0 fully saturated rings. The van der Waals surface area contributed by atoms with E-state index in [0.717, 1.165) is 6.08 Å². The maximum atomic E-state index is 11.7. The van der Waals surface area contributed by atoms with Crippen LogP contribution < -0.4 is 0 Å². The molecule has 0 aromatic heterocycles. The van der Waals surface area contributed by atoms with Crippen LogP contribution in [0.1, 0.15) is 13.8 Å². The van der Waals surface area contributed by atoms with Crippen molar-refractivity contribution in [1.29, 1.82) is 0 Å². The van der Waals surface area contributed by atoms with Crippen LogP contribution in [0.25, 0.3) is 0 Å². The Kier molecular flexibility index (Phi) is 3.25. The number of halogens is 3. The molecule has 0 saturated heterocycles. The van der Waals surface area contributed by atoms with Crippen LogP contribution in [-0.2, 0) is 4.74 Å². The normalized spacial score (nSPS) is 13.5. The number of alkyl halides is 3. The van der Waals surface area contributed by atoms with Crippen LogP contribution in [0.3, 0.4) is 0 Å². The van der Waals surface area contributed by atoms with Gasteiger partial charge in [-0.25, -0.2) is 0 Å². The van der Waals surface area contributed by atoms with E-state index in [2.05, 4.69) is 4.74 Å². The second-order valence-corrected chi connectivity index (χ2v) is 1.58. The third-order valence-electron chi connectivity index (χ3n) is 0.841. The lowest BCUT2D eigenvalue weighted by Gasteiger charge is -2.10. The number of ether oxygens (including phenoxy) is 1. The standard InChI is InChI=1S/C6H9F3O/c1-3-5(10-4-2)6(7,8)9/h3H,4H2,1-2H3/b5-3-. The minimum atomic E-state index is -4.34. The number of rotatable bonds is 2. The molecule has 0 spiro atoms. The molecule has 0 heterocycles. The first-order valence-electron chi connectivity index (χ1n) is 2.88. The molecule has 0 bridgehead atoms. The second kappa shape index (κ2) is 3.49. The SMILES string of the molecule is C/C=C(\OCC)C(F)(F)F. The first-order valence-corrected chi connectivity index (χ1v) is 2.88. The molecule has 0 saturated carbocycles. The van der Waals surface area contributed by atoms with Crippen molar-refractivity contribution in [3.05, 3.63) is 11.8 Å². The molecule has 0 amide bonds. The molecule has 60 valence electrons. The van der Waals surface area contributed by atoms with Crippen molar-refractivity contribution in [3.63, 3.8) is 0 Å². The van der Waals surface area contributed by atoms with E-state index < -0.39 is 11.9 Å². The molecular weight excluding hydrogens is 145 g/mol. The van der Waals surface area contributed by atoms with Crippen LogP contribution in [0, 0.1) is 0 Å². The molecule has 0 aliphatic rings. The minimum absolute atomic E-state index is 0.0409. The van der Waals surface area contributed by atoms with E-state index in [4.69, 9.17) is 0 Å². The predicted octanol–water partition coefficient (Wildman–Crippen LogP) is 2.49. The topological polar surface area (TPSA) is 9.23 Å². The van der Waals surface area contributed by atoms with Crippen molar-refractivity contribution in [1.82, 2.24) is 0 Å². The van der Waals surface area contributed by atoms with Crippen molar-refractivity contribution < 1.29 is 17.9 Å². The predicted molar refractivity (Wildman–Crippen MR) is 31.4 cm³/mol. The van der Waals surface area contributed by atoms with E-state index in [0.29, 0.717) is 0 Å². The highest BCUT2D eigenvalue weighted by Gasteiger charge is 2.34. The molecule has 0 aromatic rings. The van der Waals surface area contributed by atoms with Gasteiger partial charge in [0.05, 0.1) is 6.61 Å². The highest BCUT2D eigenvalue weighted by molar-refractivity contribution is 4.97. The Balaban J connectivity index is 4.10. The molecule has 0 rings (SSSR count). The zero-order valence-corrected chi connectivity index (χ0v) is 5.83. The van der Waals surface area contributed by atoms with Crippen LogP contribution in [0.5, 0.6) is 0 Å². The van der Waals surface area contributed by atoms with Crippen LogP contribution in [0.4, 0.5) is 13.2 Å². The maximum absolute atomic E-state index is 11.7. The van der Waals surface area contributed by atoms with Gasteiger partial charge < -0.3 is 4.74 Å². The van der Waals surface area contributed by atoms with E-state index in [1.807, 2.05) is 0 Å². The van der Waals surface area contributed by atoms with Crippen LogP contribution in [0.2, 0.25) is 0 Å². The van der Waals surface area contributed by atoms with E-state index >= 15 is 0 Å². The fourth-order valence-electron chi connectivity index (χ4n) is 0.484. The van der Waals surface area contributed by atoms with Gasteiger partial charge in [0.1, 0.15) is 0 Å². The van der Waals surface area contributed by atoms with Gasteiger partial charge in [-0.3, -0.25) is 0 Å². The van der Waals surface area contributed by atoms with Crippen molar-refractivity contribution in [2.75, 3.05) is 6.61 Å². The molecule has 0 N–H and O–H groups in total. The van der Waals surface area contributed by atoms with E-state index in [-0.39, 0.29) is 6.61 Å². The number of hydrogen-bond acceptors (Lipinski definition) is 1. The lowest BCUT2D eigenvalue weighted by molar-refractivity contribution is -0.130. The van der Waals surface area contributed by atoms with Gasteiger partial charge in [-0.05, 0) is 19.9 Å². The Labute approximate surface area is 57.5 Å². The van der Waals surface area contributed by atoms with E-state index in [1.54, 1.807) is 0 Å². The summed E-state index contributed by atoms with van der Waals surface area (Å²) >= 11 is 0. The summed E-state index contributed by atoms with van der Waals surface area (Å²) in [5.41, 5.74) is 0. The van der Waals surface area contributed by atoms with Crippen LogP contribution in [0.15, 0.2) is 11.8 Å². The fraction of sp³-hybridized carbons (Fsp3) is 0.667. The van der Waals surface area contributed by atoms with Gasteiger partial charge in [-0.1, -0.05) is 0 Å². The second-order valence-electron chi connectivity index (χ2n) is 1.58. The van der Waals surface area contributed by atoms with Crippen molar-refractivity contribution >= 4 is 0 Å². The summed E-state index contributed by atoms with van der Waals surface area (Å²) in [5, 5.41) is 0. The Hall–Kier alpha value is -0.670. The molecule has 1 nitrogen and oxygen atoms in total. The Morgan fingerprint density at radius 2 is 2.00 bits per heavy atom. The first kappa shape index (κ1) is 9.33. The van der Waals surface area contributed by atoms with E-state index in [1.165, 1.54) is 13.8 Å². The smallest absolute Gasteiger partial charge is 0.448 e. The fourth-order valence-corrected chi connectivity index (χ4v) is 0.484. The van der Waals surface area contributed by atoms with Crippen molar-refractivity contribution in [3.8, 4) is 0 Å². The van der Waals surface area contributed by atoms with E-state index in [9.17, 15) is 13.2 Å². The third kappa shape index (κ3) is 2.75. The minimum Gasteiger partial charge on any atom is -0.489 e. The quantitative estimate of drug-likeness (QED) is 0.555. The summed E-state index contributed by atoms with van der Waals surface area (Å²) in [4.78, 5) is 0. The van der Waals surface area contributed by atoms with Gasteiger partial charge in [0.25, 0.3) is 0 Å². The molecule has 0 radical (unpaired) electrons. The monoisotopic (exact) mass is 154 g/mol. The Morgan fingerprint density at radius 1 is 1.50 bits per heavy atom. The van der Waals surface area contributed by atoms with Crippen molar-refractivity contribution in [2.45, 2.75) is 20.0 Å². The molecule has 0 aromatic carbocycles. The van der Waals surface area contributed by atoms with Gasteiger partial charge in [-0.15, -0.1) is 0 Å². The van der Waals surface area contributed by atoms with Gasteiger partial charge in [0, 0.05) is 0 Å². The summed E-state index contributed by atoms with van der Waals surface area (Å²) < 4.78 is 39.4. The number of allylic oxidation sites excluding steroid dienone is 2. The summed E-state index contributed by atoms with van der Waals surface area (Å²) in [5.74, 6) is -0.921. The molecule has 0 unspecified atom stereocenters. The lowest BCUT2D eigenvalue weighted by Crippen LogP contribution is -2.14. The zero-order chi connectivity index (χ0) is 8.20. The number of hydrogen-bond donors (Lipinski definition) is 0. The van der Waals surface area contributed by atoms with Gasteiger partial charge in [-0.2, -0.15) is 13.2 Å².